The maximum Gasteiger partial charge on any atom is 0.345 e. The third-order valence-corrected chi connectivity index (χ3v) is 4.31. The van der Waals surface area contributed by atoms with Gasteiger partial charge in [-0.25, -0.2) is 4.79 Å². The first-order valence-electron chi connectivity index (χ1n) is 7.88. The second kappa shape index (κ2) is 5.98. The summed E-state index contributed by atoms with van der Waals surface area (Å²) in [6.07, 6.45) is 0.539. The molecule has 1 aromatic heterocycles. The van der Waals surface area contributed by atoms with Gasteiger partial charge in [-0.15, -0.1) is 0 Å². The molecule has 1 aliphatic heterocycles. The predicted octanol–water partition coefficient (Wildman–Crippen LogP) is 2.95. The number of methoxy groups -OCH3 is 1. The highest BCUT2D eigenvalue weighted by atomic mass is 16.5. The van der Waals surface area contributed by atoms with Crippen LogP contribution in [0.15, 0.2) is 62.8 Å². The average molecular weight is 336 g/mol. The van der Waals surface area contributed by atoms with Gasteiger partial charge in [0.25, 0.3) is 0 Å². The lowest BCUT2D eigenvalue weighted by molar-refractivity contribution is 0.372. The van der Waals surface area contributed by atoms with Gasteiger partial charge in [-0.3, -0.25) is 0 Å². The molecule has 6 nitrogen and oxygen atoms in total. The number of para-hydroxylation sites is 1. The van der Waals surface area contributed by atoms with E-state index in [2.05, 4.69) is 10.5 Å². The first-order valence-corrected chi connectivity index (χ1v) is 7.88. The first kappa shape index (κ1) is 15.3. The summed E-state index contributed by atoms with van der Waals surface area (Å²) < 4.78 is 10.5. The van der Waals surface area contributed by atoms with E-state index in [0.29, 0.717) is 29.0 Å². The molecule has 0 bridgehead atoms. The summed E-state index contributed by atoms with van der Waals surface area (Å²) in [5.41, 5.74) is 5.22. The van der Waals surface area contributed by atoms with Gasteiger partial charge in [0.2, 0.25) is 0 Å². The molecule has 0 saturated carbocycles. The second-order valence-corrected chi connectivity index (χ2v) is 5.86. The molecule has 0 saturated heterocycles. The molecule has 1 atom stereocenters. The lowest BCUT2D eigenvalue weighted by Gasteiger charge is -2.12. The van der Waals surface area contributed by atoms with Gasteiger partial charge in [0, 0.05) is 11.8 Å². The number of ether oxygens (including phenoxy) is 1. The van der Waals surface area contributed by atoms with Crippen molar-refractivity contribution < 1.29 is 14.3 Å². The van der Waals surface area contributed by atoms with Crippen LogP contribution in [0.5, 0.6) is 11.5 Å². The maximum absolute atomic E-state index is 12.3. The molecule has 0 spiro atoms. The number of hydrogen-bond donors (Lipinski definition) is 2. The molecule has 0 radical (unpaired) electrons. The SMILES string of the molecule is COc1cc(C2CC(c3cc4ccccc4oc3=O)=NN2)ccc1O. The molecule has 126 valence electrons. The monoisotopic (exact) mass is 336 g/mol. The van der Waals surface area contributed by atoms with Crippen molar-refractivity contribution in [3.8, 4) is 11.5 Å². The Morgan fingerprint density at radius 1 is 1.24 bits per heavy atom. The second-order valence-electron chi connectivity index (χ2n) is 5.86. The standard InChI is InChI=1S/C19H16N2O4/c1-24-18-9-11(6-7-16(18)22)14-10-15(21-20-14)13-8-12-4-2-3-5-17(12)25-19(13)23/h2-9,14,20,22H,10H2,1H3. The highest BCUT2D eigenvalue weighted by Crippen LogP contribution is 2.32. The van der Waals surface area contributed by atoms with Crippen molar-refractivity contribution in [3.63, 3.8) is 0 Å². The summed E-state index contributed by atoms with van der Waals surface area (Å²) in [7, 11) is 1.50. The van der Waals surface area contributed by atoms with Crippen LogP contribution < -0.4 is 15.8 Å². The van der Waals surface area contributed by atoms with Gasteiger partial charge in [0.15, 0.2) is 11.5 Å². The number of nitrogens with zero attached hydrogens (tertiary/aromatic N) is 1. The lowest BCUT2D eigenvalue weighted by Crippen LogP contribution is -2.14. The van der Waals surface area contributed by atoms with Gasteiger partial charge in [-0.05, 0) is 29.8 Å². The van der Waals surface area contributed by atoms with E-state index in [1.807, 2.05) is 24.3 Å². The molecule has 1 unspecified atom stereocenters. The normalized spacial score (nSPS) is 16.5. The van der Waals surface area contributed by atoms with Gasteiger partial charge in [0.1, 0.15) is 5.58 Å². The number of phenolic OH excluding ortho intramolecular Hbond substituents is 1. The smallest absolute Gasteiger partial charge is 0.345 e. The number of nitrogens with one attached hydrogen (secondary N) is 1. The average Bonchev–Trinajstić information content (AvgIpc) is 3.11. The van der Waals surface area contributed by atoms with Crippen molar-refractivity contribution in [2.24, 2.45) is 5.10 Å². The summed E-state index contributed by atoms with van der Waals surface area (Å²) in [5, 5.41) is 14.9. The number of fused-ring (bicyclic) bond motifs is 1. The minimum Gasteiger partial charge on any atom is -0.504 e. The summed E-state index contributed by atoms with van der Waals surface area (Å²) in [6.45, 7) is 0. The molecule has 2 heterocycles. The topological polar surface area (TPSA) is 84.1 Å². The van der Waals surface area contributed by atoms with Crippen molar-refractivity contribution in [2.75, 3.05) is 7.11 Å². The Morgan fingerprint density at radius 2 is 2.08 bits per heavy atom. The molecule has 0 aliphatic carbocycles. The fraction of sp³-hybridized carbons (Fsp3) is 0.158. The van der Waals surface area contributed by atoms with Crippen molar-refractivity contribution in [1.82, 2.24) is 5.43 Å². The molecular weight excluding hydrogens is 320 g/mol. The molecule has 3 aromatic rings. The molecule has 0 fully saturated rings. The van der Waals surface area contributed by atoms with Crippen LogP contribution in [0.3, 0.4) is 0 Å². The van der Waals surface area contributed by atoms with Gasteiger partial charge in [-0.2, -0.15) is 5.10 Å². The number of phenols is 1. The van der Waals surface area contributed by atoms with E-state index in [9.17, 15) is 9.90 Å². The van der Waals surface area contributed by atoms with E-state index >= 15 is 0 Å². The van der Waals surface area contributed by atoms with Gasteiger partial charge in [0.05, 0.1) is 24.4 Å². The van der Waals surface area contributed by atoms with Gasteiger partial charge >= 0.3 is 5.63 Å². The highest BCUT2D eigenvalue weighted by Gasteiger charge is 2.24. The lowest BCUT2D eigenvalue weighted by atomic mass is 9.99. The Morgan fingerprint density at radius 3 is 2.92 bits per heavy atom. The molecule has 25 heavy (non-hydrogen) atoms. The predicted molar refractivity (Wildman–Crippen MR) is 94.2 cm³/mol. The highest BCUT2D eigenvalue weighted by molar-refractivity contribution is 6.03. The minimum atomic E-state index is -0.400. The summed E-state index contributed by atoms with van der Waals surface area (Å²) in [4.78, 5) is 12.3. The van der Waals surface area contributed by atoms with Crippen LogP contribution in [-0.2, 0) is 0 Å². The quantitative estimate of drug-likeness (QED) is 0.719. The number of rotatable bonds is 3. The van der Waals surface area contributed by atoms with Gasteiger partial charge in [-0.1, -0.05) is 24.3 Å². The Labute approximate surface area is 143 Å². The fourth-order valence-corrected chi connectivity index (χ4v) is 2.98. The zero-order chi connectivity index (χ0) is 17.4. The van der Waals surface area contributed by atoms with Crippen molar-refractivity contribution in [3.05, 3.63) is 70.1 Å². The summed E-state index contributed by atoms with van der Waals surface area (Å²) in [5.74, 6) is 0.485. The number of hydrazone groups is 1. The molecule has 1 aliphatic rings. The van der Waals surface area contributed by atoms with Crippen LogP contribution in [0.1, 0.15) is 23.6 Å². The maximum atomic E-state index is 12.3. The van der Waals surface area contributed by atoms with E-state index in [1.165, 1.54) is 7.11 Å². The fourth-order valence-electron chi connectivity index (χ4n) is 2.98. The number of hydrogen-bond acceptors (Lipinski definition) is 6. The van der Waals surface area contributed by atoms with Crippen molar-refractivity contribution >= 4 is 16.7 Å². The van der Waals surface area contributed by atoms with Crippen LogP contribution >= 0.6 is 0 Å². The Hall–Kier alpha value is -3.28. The summed E-state index contributed by atoms with van der Waals surface area (Å²) >= 11 is 0. The Bertz CT molecular complexity index is 1040. The molecule has 0 amide bonds. The van der Waals surface area contributed by atoms with E-state index in [-0.39, 0.29) is 11.8 Å². The van der Waals surface area contributed by atoms with Crippen LogP contribution in [-0.4, -0.2) is 17.9 Å². The van der Waals surface area contributed by atoms with Crippen molar-refractivity contribution in [2.45, 2.75) is 12.5 Å². The molecule has 2 N–H and O–H groups in total. The number of aromatic hydroxyl groups is 1. The van der Waals surface area contributed by atoms with E-state index < -0.39 is 5.63 Å². The third-order valence-electron chi connectivity index (χ3n) is 4.31. The Kier molecular flexibility index (Phi) is 3.65. The molecule has 6 heteroatoms. The van der Waals surface area contributed by atoms with Crippen molar-refractivity contribution in [1.29, 1.82) is 0 Å². The molecule has 2 aromatic carbocycles. The third kappa shape index (κ3) is 2.71. The largest absolute Gasteiger partial charge is 0.504 e. The van der Waals surface area contributed by atoms with Crippen LogP contribution in [0.25, 0.3) is 11.0 Å². The van der Waals surface area contributed by atoms with E-state index in [4.69, 9.17) is 9.15 Å². The zero-order valence-electron chi connectivity index (χ0n) is 13.5. The molecular formula is C19H16N2O4. The molecule has 4 rings (SSSR count). The van der Waals surface area contributed by atoms with E-state index in [0.717, 1.165) is 10.9 Å². The van der Waals surface area contributed by atoms with Crippen LogP contribution in [0.4, 0.5) is 0 Å². The first-order chi connectivity index (χ1) is 12.2. The minimum absolute atomic E-state index is 0.0839. The van der Waals surface area contributed by atoms with Gasteiger partial charge < -0.3 is 19.7 Å². The van der Waals surface area contributed by atoms with Crippen LogP contribution in [0, 0.1) is 0 Å². The van der Waals surface area contributed by atoms with E-state index in [1.54, 1.807) is 24.3 Å². The zero-order valence-corrected chi connectivity index (χ0v) is 13.5. The van der Waals surface area contributed by atoms with Crippen LogP contribution in [0.2, 0.25) is 0 Å². The summed E-state index contributed by atoms with van der Waals surface area (Å²) in [6, 6.07) is 14.2. The number of benzene rings is 2. The Balaban J connectivity index is 1.64.